The molecule has 4 amide bonds. The molecular weight excluding hydrogens is 368 g/mol. The number of carbonyl (C=O) groups is 3. The van der Waals surface area contributed by atoms with Crippen molar-refractivity contribution in [2.24, 2.45) is 0 Å². The van der Waals surface area contributed by atoms with Crippen LogP contribution in [0.5, 0.6) is 0 Å². The molecule has 0 spiro atoms. The van der Waals surface area contributed by atoms with Crippen LogP contribution in [0.25, 0.3) is 23.0 Å². The summed E-state index contributed by atoms with van der Waals surface area (Å²) in [5, 5.41) is 4.60. The zero-order valence-electron chi connectivity index (χ0n) is 14.1. The third-order valence-electron chi connectivity index (χ3n) is 4.17. The minimum Gasteiger partial charge on any atom is -0.298 e. The van der Waals surface area contributed by atoms with Gasteiger partial charge in [0, 0.05) is 11.8 Å². The smallest absolute Gasteiger partial charge is 0.298 e. The predicted molar refractivity (Wildman–Crippen MR) is 100 cm³/mol. The maximum absolute atomic E-state index is 12.1. The molecule has 27 heavy (non-hydrogen) atoms. The Hall–Kier alpha value is -3.45. The topological polar surface area (TPSA) is 92.6 Å². The molecule has 0 atom stereocenters. The Kier molecular flexibility index (Phi) is 4.01. The molecule has 3 heterocycles. The van der Waals surface area contributed by atoms with E-state index in [1.54, 1.807) is 22.7 Å². The highest BCUT2D eigenvalue weighted by Gasteiger charge is 2.28. The van der Waals surface area contributed by atoms with E-state index in [1.807, 2.05) is 31.2 Å². The lowest BCUT2D eigenvalue weighted by atomic mass is 10.1. The van der Waals surface area contributed by atoms with Gasteiger partial charge in [-0.1, -0.05) is 41.4 Å². The average molecular weight is 381 g/mol. The summed E-state index contributed by atoms with van der Waals surface area (Å²) in [6.45, 7) is 1.98. The number of nitrogens with zero attached hydrogens (tertiary/aromatic N) is 2. The van der Waals surface area contributed by atoms with Crippen molar-refractivity contribution in [3.8, 4) is 11.3 Å². The van der Waals surface area contributed by atoms with Gasteiger partial charge in [-0.2, -0.15) is 0 Å². The number of barbiturate groups is 1. The summed E-state index contributed by atoms with van der Waals surface area (Å²) in [4.78, 5) is 40.1. The number of imide groups is 2. The maximum atomic E-state index is 12.1. The van der Waals surface area contributed by atoms with Crippen molar-refractivity contribution < 1.29 is 14.4 Å². The summed E-state index contributed by atoms with van der Waals surface area (Å²) in [6.07, 6.45) is 3.06. The second kappa shape index (κ2) is 6.37. The summed E-state index contributed by atoms with van der Waals surface area (Å²) in [6, 6.07) is 10.3. The van der Waals surface area contributed by atoms with Crippen LogP contribution in [-0.4, -0.2) is 27.2 Å². The molecule has 2 N–H and O–H groups in total. The number of halogens is 1. The number of aromatic nitrogens is 2. The summed E-state index contributed by atoms with van der Waals surface area (Å²) in [7, 11) is 0. The van der Waals surface area contributed by atoms with Gasteiger partial charge in [0.25, 0.3) is 11.8 Å². The van der Waals surface area contributed by atoms with Gasteiger partial charge >= 0.3 is 6.03 Å². The Morgan fingerprint density at radius 2 is 1.67 bits per heavy atom. The molecule has 1 saturated heterocycles. The number of hydrogen-bond donors (Lipinski definition) is 2. The molecule has 2 aromatic heterocycles. The van der Waals surface area contributed by atoms with E-state index in [0.29, 0.717) is 22.1 Å². The summed E-state index contributed by atoms with van der Waals surface area (Å²) in [5.41, 5.74) is 3.42. The summed E-state index contributed by atoms with van der Waals surface area (Å²) in [5.74, 6) is -1.54. The number of urea groups is 1. The number of fused-ring (bicyclic) bond motifs is 1. The fourth-order valence-electron chi connectivity index (χ4n) is 2.84. The zero-order chi connectivity index (χ0) is 19.1. The van der Waals surface area contributed by atoms with E-state index in [-0.39, 0.29) is 5.57 Å². The minimum atomic E-state index is -0.845. The first-order valence-corrected chi connectivity index (χ1v) is 8.43. The van der Waals surface area contributed by atoms with E-state index in [9.17, 15) is 14.4 Å². The number of aryl methyl sites for hydroxylation is 1. The van der Waals surface area contributed by atoms with Crippen LogP contribution in [0.3, 0.4) is 0 Å². The van der Waals surface area contributed by atoms with Crippen LogP contribution in [0.4, 0.5) is 4.79 Å². The molecule has 1 aliphatic heterocycles. The van der Waals surface area contributed by atoms with Gasteiger partial charge in [-0.15, -0.1) is 0 Å². The third-order valence-corrected chi connectivity index (χ3v) is 4.39. The van der Waals surface area contributed by atoms with Crippen molar-refractivity contribution in [1.29, 1.82) is 0 Å². The second-order valence-electron chi connectivity index (χ2n) is 6.08. The number of nitrogens with one attached hydrogen (secondary N) is 2. The van der Waals surface area contributed by atoms with E-state index in [0.717, 1.165) is 11.1 Å². The first kappa shape index (κ1) is 17.0. The minimum absolute atomic E-state index is 0.190. The van der Waals surface area contributed by atoms with Gasteiger partial charge in [-0.05, 0) is 25.1 Å². The number of rotatable bonds is 2. The average Bonchev–Trinajstić information content (AvgIpc) is 2.96. The van der Waals surface area contributed by atoms with E-state index in [2.05, 4.69) is 15.6 Å². The van der Waals surface area contributed by atoms with Crippen LogP contribution in [0, 0.1) is 6.92 Å². The highest BCUT2D eigenvalue weighted by molar-refractivity contribution is 6.31. The van der Waals surface area contributed by atoms with Crippen molar-refractivity contribution in [1.82, 2.24) is 20.0 Å². The second-order valence-corrected chi connectivity index (χ2v) is 6.52. The van der Waals surface area contributed by atoms with E-state index >= 15 is 0 Å². The molecular formula is C19H13ClN4O3. The molecule has 0 bridgehead atoms. The highest BCUT2D eigenvalue weighted by Crippen LogP contribution is 2.28. The number of pyridine rings is 1. The van der Waals surface area contributed by atoms with Crippen molar-refractivity contribution >= 4 is 41.2 Å². The Labute approximate surface area is 158 Å². The van der Waals surface area contributed by atoms with Crippen LogP contribution in [0.15, 0.2) is 48.2 Å². The lowest BCUT2D eigenvalue weighted by molar-refractivity contribution is -0.123. The first-order chi connectivity index (χ1) is 12.9. The fourth-order valence-corrected chi connectivity index (χ4v) is 3.00. The largest absolute Gasteiger partial charge is 0.328 e. The summed E-state index contributed by atoms with van der Waals surface area (Å²) < 4.78 is 1.70. The highest BCUT2D eigenvalue weighted by atomic mass is 35.5. The van der Waals surface area contributed by atoms with Crippen molar-refractivity contribution in [2.45, 2.75) is 6.92 Å². The molecule has 0 saturated carbocycles. The predicted octanol–water partition coefficient (Wildman–Crippen LogP) is 2.71. The molecule has 7 nitrogen and oxygen atoms in total. The molecule has 3 aromatic rings. The Bertz CT molecular complexity index is 1120. The molecule has 1 aliphatic rings. The lowest BCUT2D eigenvalue weighted by Crippen LogP contribution is -2.51. The van der Waals surface area contributed by atoms with Crippen LogP contribution < -0.4 is 10.6 Å². The SMILES string of the molecule is Cc1ccc(-c2nc3ccc(Cl)cn3c2C=C2C(=O)NC(=O)NC2=O)cc1. The molecule has 1 aromatic carbocycles. The number of amides is 4. The quantitative estimate of drug-likeness (QED) is 0.528. The van der Waals surface area contributed by atoms with Gasteiger partial charge in [0.05, 0.1) is 16.4 Å². The van der Waals surface area contributed by atoms with Crippen molar-refractivity contribution in [3.63, 3.8) is 0 Å². The number of imidazole rings is 1. The molecule has 0 radical (unpaired) electrons. The first-order valence-electron chi connectivity index (χ1n) is 8.05. The Balaban J connectivity index is 1.96. The van der Waals surface area contributed by atoms with Crippen LogP contribution in [0.1, 0.15) is 11.3 Å². The number of carbonyl (C=O) groups excluding carboxylic acids is 3. The Morgan fingerprint density at radius 1 is 1.00 bits per heavy atom. The molecule has 0 unspecified atom stereocenters. The lowest BCUT2D eigenvalue weighted by Gasteiger charge is -2.14. The van der Waals surface area contributed by atoms with E-state index < -0.39 is 17.8 Å². The summed E-state index contributed by atoms with van der Waals surface area (Å²) >= 11 is 6.11. The van der Waals surface area contributed by atoms with Gasteiger partial charge in [-0.3, -0.25) is 24.6 Å². The zero-order valence-corrected chi connectivity index (χ0v) is 14.9. The normalized spacial score (nSPS) is 14.3. The van der Waals surface area contributed by atoms with E-state index in [1.165, 1.54) is 6.08 Å². The number of benzene rings is 1. The van der Waals surface area contributed by atoms with Gasteiger partial charge in [0.2, 0.25) is 0 Å². The molecule has 0 aliphatic carbocycles. The van der Waals surface area contributed by atoms with Crippen molar-refractivity contribution in [3.05, 3.63) is 64.4 Å². The molecule has 134 valence electrons. The van der Waals surface area contributed by atoms with Gasteiger partial charge in [0.1, 0.15) is 11.2 Å². The maximum Gasteiger partial charge on any atom is 0.328 e. The number of hydrogen-bond acceptors (Lipinski definition) is 4. The van der Waals surface area contributed by atoms with Crippen molar-refractivity contribution in [2.75, 3.05) is 0 Å². The van der Waals surface area contributed by atoms with Crippen LogP contribution in [-0.2, 0) is 9.59 Å². The standard InChI is InChI=1S/C19H13ClN4O3/c1-10-2-4-11(5-3-10)16-14(24-9-12(20)6-7-15(24)21-16)8-13-17(25)22-19(27)23-18(13)26/h2-9H,1H3,(H2,22,23,25,26,27). The Morgan fingerprint density at radius 3 is 2.33 bits per heavy atom. The fraction of sp³-hybridized carbons (Fsp3) is 0.0526. The molecule has 1 fully saturated rings. The van der Waals surface area contributed by atoms with Gasteiger partial charge in [-0.25, -0.2) is 9.78 Å². The van der Waals surface area contributed by atoms with Gasteiger partial charge < -0.3 is 0 Å². The van der Waals surface area contributed by atoms with Crippen LogP contribution >= 0.6 is 11.6 Å². The monoisotopic (exact) mass is 380 g/mol. The van der Waals surface area contributed by atoms with Gasteiger partial charge in [0.15, 0.2) is 0 Å². The molecule has 4 rings (SSSR count). The van der Waals surface area contributed by atoms with Crippen LogP contribution in [0.2, 0.25) is 5.02 Å². The third kappa shape index (κ3) is 3.09. The molecule has 8 heteroatoms. The van der Waals surface area contributed by atoms with E-state index in [4.69, 9.17) is 11.6 Å².